The normalized spacial score (nSPS) is 11.3. The van der Waals surface area contributed by atoms with E-state index >= 15 is 0 Å². The number of ether oxygens (including phenoxy) is 2. The third-order valence-electron chi connectivity index (χ3n) is 5.24. The quantitative estimate of drug-likeness (QED) is 0.109. The molecular weight excluding hydrogens is 524 g/mol. The largest absolute Gasteiger partial charge is 0.465 e. The molecule has 2 heterocycles. The molecule has 12 heteroatoms. The highest BCUT2D eigenvalue weighted by molar-refractivity contribution is 7.30. The van der Waals surface area contributed by atoms with Crippen LogP contribution in [0.4, 0.5) is 27.2 Å². The number of nitrogens with zero attached hydrogens (tertiary/aromatic N) is 6. The summed E-state index contributed by atoms with van der Waals surface area (Å²) in [7, 11) is 1.34. The molecule has 0 bridgehead atoms. The predicted molar refractivity (Wildman–Crippen MR) is 149 cm³/mol. The molecule has 0 saturated heterocycles. The summed E-state index contributed by atoms with van der Waals surface area (Å²) in [6.45, 7) is 7.07. The maximum absolute atomic E-state index is 11.5. The number of fused-ring (bicyclic) bond motifs is 1. The van der Waals surface area contributed by atoms with E-state index in [-0.39, 0.29) is 6.61 Å². The van der Waals surface area contributed by atoms with E-state index in [0.29, 0.717) is 28.6 Å². The van der Waals surface area contributed by atoms with E-state index < -0.39 is 11.9 Å². The lowest BCUT2D eigenvalue weighted by atomic mass is 10.2. The Morgan fingerprint density at radius 2 is 1.68 bits per heavy atom. The molecule has 0 atom stereocenters. The third-order valence-corrected chi connectivity index (χ3v) is 7.17. The molecule has 2 aromatic carbocycles. The molecule has 0 aliphatic heterocycles. The predicted octanol–water partition coefficient (Wildman–Crippen LogP) is 7.53. The number of thiazole rings is 1. The number of methoxy groups -OCH3 is 1. The number of azo groups is 2. The Morgan fingerprint density at radius 3 is 2.32 bits per heavy atom. The Bertz CT molecular complexity index is 1440. The van der Waals surface area contributed by atoms with Crippen molar-refractivity contribution in [3.63, 3.8) is 0 Å². The summed E-state index contributed by atoms with van der Waals surface area (Å²) in [4.78, 5) is 30.2. The summed E-state index contributed by atoms with van der Waals surface area (Å²) >= 11 is 2.83. The van der Waals surface area contributed by atoms with Crippen molar-refractivity contribution in [3.05, 3.63) is 72.8 Å². The van der Waals surface area contributed by atoms with Gasteiger partial charge in [-0.2, -0.15) is 0 Å². The molecule has 0 saturated carbocycles. The fraction of sp³-hybridized carbons (Fsp3) is 0.192. The van der Waals surface area contributed by atoms with Crippen LogP contribution in [0.15, 0.2) is 87.7 Å². The Morgan fingerprint density at radius 1 is 1.00 bits per heavy atom. The van der Waals surface area contributed by atoms with Crippen LogP contribution in [0.3, 0.4) is 0 Å². The molecule has 0 N–H and O–H groups in total. The molecule has 4 aromatic rings. The number of anilines is 1. The molecule has 0 amide bonds. The summed E-state index contributed by atoms with van der Waals surface area (Å²) in [5.41, 5.74) is 2.78. The van der Waals surface area contributed by atoms with E-state index in [4.69, 9.17) is 9.47 Å². The molecule has 10 nitrogen and oxygen atoms in total. The number of benzene rings is 2. The second-order valence-corrected chi connectivity index (χ2v) is 9.67. The van der Waals surface area contributed by atoms with E-state index in [2.05, 4.69) is 36.9 Å². The maximum Gasteiger partial charge on any atom is 0.337 e. The smallest absolute Gasteiger partial charge is 0.337 e. The highest BCUT2D eigenvalue weighted by Crippen LogP contribution is 2.39. The minimum atomic E-state index is -0.427. The monoisotopic (exact) mass is 548 g/mol. The van der Waals surface area contributed by atoms with Gasteiger partial charge in [0.05, 0.1) is 35.3 Å². The zero-order chi connectivity index (χ0) is 26.9. The first kappa shape index (κ1) is 26.8. The first-order valence-corrected chi connectivity index (χ1v) is 13.2. The van der Waals surface area contributed by atoms with Crippen molar-refractivity contribution in [3.8, 4) is 0 Å². The molecular formula is C26H24N6O4S2. The molecule has 0 aliphatic rings. The molecule has 0 fully saturated rings. The molecule has 194 valence electrons. The number of thiophene rings is 1. The van der Waals surface area contributed by atoms with Crippen LogP contribution in [-0.2, 0) is 14.3 Å². The maximum atomic E-state index is 11.5. The standard InChI is InChI=1S/C26H24N6O4S2/c1-4-23(33)36-15-14-32(5-2)20-12-10-19(11-13-20)29-31-26-27-24-21(37-26)16-22(38-24)30-28-18-8-6-17(7-9-18)25(34)35-3/h4,6-13,16H,1,5,14-15H2,2-3H3. The van der Waals surface area contributed by atoms with E-state index in [1.165, 1.54) is 29.8 Å². The second kappa shape index (κ2) is 12.8. The van der Waals surface area contributed by atoms with Crippen LogP contribution in [0.2, 0.25) is 0 Å². The van der Waals surface area contributed by atoms with Crippen molar-refractivity contribution in [2.45, 2.75) is 6.92 Å². The Hall–Kier alpha value is -4.29. The number of likely N-dealkylation sites (N-methyl/N-ethyl adjacent to an activating group) is 1. The van der Waals surface area contributed by atoms with E-state index in [1.807, 2.05) is 37.3 Å². The second-order valence-electron chi connectivity index (χ2n) is 7.66. The zero-order valence-electron chi connectivity index (χ0n) is 20.7. The number of aromatic nitrogens is 1. The topological polar surface area (TPSA) is 118 Å². The Labute approximate surface area is 227 Å². The first-order chi connectivity index (χ1) is 18.5. The van der Waals surface area contributed by atoms with Gasteiger partial charge in [-0.05, 0) is 61.5 Å². The van der Waals surface area contributed by atoms with Gasteiger partial charge in [0.2, 0.25) is 5.13 Å². The van der Waals surface area contributed by atoms with Gasteiger partial charge < -0.3 is 14.4 Å². The van der Waals surface area contributed by atoms with Crippen molar-refractivity contribution >= 4 is 71.3 Å². The van der Waals surface area contributed by atoms with Crippen LogP contribution < -0.4 is 4.90 Å². The van der Waals surface area contributed by atoms with Gasteiger partial charge in [-0.25, -0.2) is 14.6 Å². The Kier molecular flexibility index (Phi) is 9.01. The number of carbonyl (C=O) groups excluding carboxylic acids is 2. The van der Waals surface area contributed by atoms with Crippen LogP contribution in [-0.4, -0.2) is 43.7 Å². The summed E-state index contributed by atoms with van der Waals surface area (Å²) in [6, 6.07) is 16.3. The third kappa shape index (κ3) is 6.93. The summed E-state index contributed by atoms with van der Waals surface area (Å²) in [5.74, 6) is -0.824. The lowest BCUT2D eigenvalue weighted by molar-refractivity contribution is -0.137. The summed E-state index contributed by atoms with van der Waals surface area (Å²) in [5, 5.41) is 18.3. The van der Waals surface area contributed by atoms with Gasteiger partial charge in [-0.1, -0.05) is 29.3 Å². The van der Waals surface area contributed by atoms with E-state index in [1.54, 1.807) is 24.3 Å². The lowest BCUT2D eigenvalue weighted by Gasteiger charge is -2.22. The fourth-order valence-electron chi connectivity index (χ4n) is 3.31. The van der Waals surface area contributed by atoms with E-state index in [9.17, 15) is 9.59 Å². The van der Waals surface area contributed by atoms with Gasteiger partial charge in [0.25, 0.3) is 0 Å². The average molecular weight is 549 g/mol. The molecule has 0 spiro atoms. The molecule has 0 unspecified atom stereocenters. The fourth-order valence-corrected chi connectivity index (χ4v) is 5.16. The number of hydrogen-bond donors (Lipinski definition) is 0. The molecule has 4 rings (SSSR count). The number of carbonyl (C=O) groups is 2. The molecule has 38 heavy (non-hydrogen) atoms. The van der Waals surface area contributed by atoms with Gasteiger partial charge in [0, 0.05) is 18.3 Å². The van der Waals surface area contributed by atoms with Gasteiger partial charge in [0.15, 0.2) is 0 Å². The zero-order valence-corrected chi connectivity index (χ0v) is 22.4. The SMILES string of the molecule is C=CC(=O)OCCN(CC)c1ccc(N=Nc2nc3sc(N=Nc4ccc(C(=O)OC)cc4)cc3s2)cc1. The van der Waals surface area contributed by atoms with Crippen LogP contribution in [0.5, 0.6) is 0 Å². The number of esters is 2. The lowest BCUT2D eigenvalue weighted by Crippen LogP contribution is -2.27. The van der Waals surface area contributed by atoms with Crippen molar-refractivity contribution in [2.75, 3.05) is 31.7 Å². The summed E-state index contributed by atoms with van der Waals surface area (Å²) in [6.07, 6.45) is 1.16. The Balaban J connectivity index is 1.35. The van der Waals surface area contributed by atoms with E-state index in [0.717, 1.165) is 32.8 Å². The molecule has 2 aromatic heterocycles. The van der Waals surface area contributed by atoms with Gasteiger partial charge >= 0.3 is 11.9 Å². The van der Waals surface area contributed by atoms with Gasteiger partial charge in [-0.3, -0.25) is 0 Å². The number of hydrogen-bond acceptors (Lipinski definition) is 12. The van der Waals surface area contributed by atoms with Gasteiger partial charge in [0.1, 0.15) is 16.4 Å². The number of rotatable bonds is 11. The van der Waals surface area contributed by atoms with Crippen molar-refractivity contribution in [2.24, 2.45) is 20.5 Å². The van der Waals surface area contributed by atoms with Crippen LogP contribution in [0.25, 0.3) is 9.53 Å². The first-order valence-electron chi connectivity index (χ1n) is 11.6. The minimum Gasteiger partial charge on any atom is -0.465 e. The average Bonchev–Trinajstić information content (AvgIpc) is 3.51. The van der Waals surface area contributed by atoms with Gasteiger partial charge in [-0.15, -0.1) is 20.5 Å². The van der Waals surface area contributed by atoms with Crippen LogP contribution >= 0.6 is 22.7 Å². The molecule has 0 radical (unpaired) electrons. The molecule has 0 aliphatic carbocycles. The minimum absolute atomic E-state index is 0.286. The highest BCUT2D eigenvalue weighted by Gasteiger charge is 2.09. The van der Waals surface area contributed by atoms with Crippen molar-refractivity contribution < 1.29 is 19.1 Å². The summed E-state index contributed by atoms with van der Waals surface area (Å²) < 4.78 is 10.7. The van der Waals surface area contributed by atoms with Crippen molar-refractivity contribution in [1.82, 2.24) is 4.98 Å². The van der Waals surface area contributed by atoms with Crippen molar-refractivity contribution in [1.29, 1.82) is 0 Å². The van der Waals surface area contributed by atoms with Crippen LogP contribution in [0, 0.1) is 0 Å². The highest BCUT2D eigenvalue weighted by atomic mass is 32.1. The van der Waals surface area contributed by atoms with Crippen LogP contribution in [0.1, 0.15) is 17.3 Å².